The summed E-state index contributed by atoms with van der Waals surface area (Å²) in [6, 6.07) is 16.5. The van der Waals surface area contributed by atoms with Gasteiger partial charge in [-0.1, -0.05) is 48.0 Å². The van der Waals surface area contributed by atoms with Crippen molar-refractivity contribution in [3.63, 3.8) is 0 Å². The minimum Gasteiger partial charge on any atom is -0.376 e. The highest BCUT2D eigenvalue weighted by Crippen LogP contribution is 2.15. The first-order chi connectivity index (χ1) is 10.6. The van der Waals surface area contributed by atoms with Crippen LogP contribution in [-0.2, 0) is 11.2 Å². The molecule has 0 saturated carbocycles. The van der Waals surface area contributed by atoms with E-state index in [1.807, 2.05) is 37.3 Å². The van der Waals surface area contributed by atoms with Crippen LogP contribution in [0.25, 0.3) is 0 Å². The first-order valence-corrected chi connectivity index (χ1v) is 7.77. The third-order valence-electron chi connectivity index (χ3n) is 3.63. The first-order valence-electron chi connectivity index (χ1n) is 7.77. The molecule has 116 valence electrons. The molecule has 3 nitrogen and oxygen atoms in total. The predicted molar refractivity (Wildman–Crippen MR) is 92.2 cm³/mol. The Morgan fingerprint density at radius 2 is 1.82 bits per heavy atom. The van der Waals surface area contributed by atoms with E-state index in [2.05, 4.69) is 35.8 Å². The van der Waals surface area contributed by atoms with Crippen LogP contribution in [0.1, 0.15) is 23.1 Å². The maximum atomic E-state index is 11.8. The fourth-order valence-electron chi connectivity index (χ4n) is 2.41. The zero-order valence-electron chi connectivity index (χ0n) is 13.4. The molecule has 3 heteroatoms. The first kappa shape index (κ1) is 16.1. The second-order valence-corrected chi connectivity index (χ2v) is 5.61. The van der Waals surface area contributed by atoms with Gasteiger partial charge < -0.3 is 10.6 Å². The lowest BCUT2D eigenvalue weighted by atomic mass is 10.1. The fraction of sp³-hybridized carbons (Fsp3) is 0.316. The Labute approximate surface area is 132 Å². The molecule has 2 aromatic carbocycles. The number of aryl methyl sites for hydroxylation is 3. The van der Waals surface area contributed by atoms with Crippen LogP contribution in [-0.4, -0.2) is 19.0 Å². The van der Waals surface area contributed by atoms with Crippen molar-refractivity contribution in [3.8, 4) is 0 Å². The van der Waals surface area contributed by atoms with Crippen molar-refractivity contribution in [3.05, 3.63) is 65.2 Å². The van der Waals surface area contributed by atoms with Crippen LogP contribution in [0, 0.1) is 13.8 Å². The average molecular weight is 296 g/mol. The van der Waals surface area contributed by atoms with E-state index in [9.17, 15) is 4.79 Å². The molecule has 22 heavy (non-hydrogen) atoms. The van der Waals surface area contributed by atoms with E-state index in [-0.39, 0.29) is 5.91 Å². The summed E-state index contributed by atoms with van der Waals surface area (Å²) in [7, 11) is 0. The van der Waals surface area contributed by atoms with E-state index in [1.54, 1.807) is 0 Å². The predicted octanol–water partition coefficient (Wildman–Crippen LogP) is 3.46. The fourth-order valence-corrected chi connectivity index (χ4v) is 2.41. The summed E-state index contributed by atoms with van der Waals surface area (Å²) in [5.41, 5.74) is 4.72. The zero-order chi connectivity index (χ0) is 15.8. The van der Waals surface area contributed by atoms with Gasteiger partial charge in [0, 0.05) is 12.2 Å². The lowest BCUT2D eigenvalue weighted by Crippen LogP contribution is -2.30. The van der Waals surface area contributed by atoms with Gasteiger partial charge in [0.05, 0.1) is 6.54 Å². The van der Waals surface area contributed by atoms with Gasteiger partial charge in [0.1, 0.15) is 0 Å². The quantitative estimate of drug-likeness (QED) is 0.768. The molecule has 0 aliphatic carbocycles. The average Bonchev–Trinajstić information content (AvgIpc) is 2.52. The van der Waals surface area contributed by atoms with E-state index >= 15 is 0 Å². The summed E-state index contributed by atoms with van der Waals surface area (Å²) < 4.78 is 0. The number of hydrogen-bond acceptors (Lipinski definition) is 2. The molecule has 0 unspecified atom stereocenters. The van der Waals surface area contributed by atoms with Crippen LogP contribution in [0.4, 0.5) is 5.69 Å². The second-order valence-electron chi connectivity index (χ2n) is 5.61. The van der Waals surface area contributed by atoms with Crippen molar-refractivity contribution in [2.45, 2.75) is 26.7 Å². The lowest BCUT2D eigenvalue weighted by molar-refractivity contribution is -0.119. The molecular weight excluding hydrogens is 272 g/mol. The summed E-state index contributed by atoms with van der Waals surface area (Å²) in [5.74, 6) is 0.0352. The van der Waals surface area contributed by atoms with Gasteiger partial charge in [0.25, 0.3) is 0 Å². The van der Waals surface area contributed by atoms with Crippen LogP contribution in [0.2, 0.25) is 0 Å². The molecule has 0 heterocycles. The van der Waals surface area contributed by atoms with Crippen LogP contribution in [0.5, 0.6) is 0 Å². The molecule has 2 rings (SSSR count). The van der Waals surface area contributed by atoms with Crippen molar-refractivity contribution in [2.75, 3.05) is 18.4 Å². The molecular formula is C19H24N2O. The number of amides is 1. The van der Waals surface area contributed by atoms with E-state index in [0.717, 1.165) is 24.1 Å². The number of carbonyl (C=O) groups is 1. The van der Waals surface area contributed by atoms with Gasteiger partial charge >= 0.3 is 0 Å². The zero-order valence-corrected chi connectivity index (χ0v) is 13.4. The Morgan fingerprint density at radius 3 is 2.55 bits per heavy atom. The third-order valence-corrected chi connectivity index (χ3v) is 3.63. The van der Waals surface area contributed by atoms with E-state index in [4.69, 9.17) is 0 Å². The summed E-state index contributed by atoms with van der Waals surface area (Å²) in [5, 5.41) is 6.14. The van der Waals surface area contributed by atoms with Gasteiger partial charge in [0.2, 0.25) is 5.91 Å². The molecule has 0 aliphatic heterocycles. The highest BCUT2D eigenvalue weighted by molar-refractivity contribution is 5.80. The molecule has 0 aromatic heterocycles. The summed E-state index contributed by atoms with van der Waals surface area (Å²) in [6.45, 7) is 5.14. The highest BCUT2D eigenvalue weighted by Gasteiger charge is 2.03. The minimum absolute atomic E-state index is 0.0352. The standard InChI is InChI=1S/C19H24N2O/c1-15-10-11-18(16(2)13-15)21-14-19(22)20-12-6-9-17-7-4-3-5-8-17/h3-5,7-8,10-11,13,21H,6,9,12,14H2,1-2H3,(H,20,22). The van der Waals surface area contributed by atoms with Gasteiger partial charge in [-0.25, -0.2) is 0 Å². The molecule has 1 amide bonds. The summed E-state index contributed by atoms with van der Waals surface area (Å²) in [6.07, 6.45) is 1.95. The Bertz CT molecular complexity index is 608. The number of anilines is 1. The van der Waals surface area contributed by atoms with Gasteiger partial charge in [-0.2, -0.15) is 0 Å². The smallest absolute Gasteiger partial charge is 0.239 e. The Hall–Kier alpha value is -2.29. The van der Waals surface area contributed by atoms with Gasteiger partial charge in [0.15, 0.2) is 0 Å². The van der Waals surface area contributed by atoms with Gasteiger partial charge in [-0.05, 0) is 43.9 Å². The van der Waals surface area contributed by atoms with Crippen molar-refractivity contribution < 1.29 is 4.79 Å². The van der Waals surface area contributed by atoms with Crippen molar-refractivity contribution in [2.24, 2.45) is 0 Å². The number of carbonyl (C=O) groups excluding carboxylic acids is 1. The van der Waals surface area contributed by atoms with E-state index in [1.165, 1.54) is 11.1 Å². The van der Waals surface area contributed by atoms with Gasteiger partial charge in [-0.3, -0.25) is 4.79 Å². The van der Waals surface area contributed by atoms with E-state index in [0.29, 0.717) is 13.1 Å². The topological polar surface area (TPSA) is 41.1 Å². The Kier molecular flexibility index (Phi) is 6.01. The molecule has 0 bridgehead atoms. The SMILES string of the molecule is Cc1ccc(NCC(=O)NCCCc2ccccc2)c(C)c1. The molecule has 0 spiro atoms. The largest absolute Gasteiger partial charge is 0.376 e. The molecule has 0 aliphatic rings. The monoisotopic (exact) mass is 296 g/mol. The van der Waals surface area contributed by atoms with Crippen molar-refractivity contribution in [1.82, 2.24) is 5.32 Å². The van der Waals surface area contributed by atoms with E-state index < -0.39 is 0 Å². The number of benzene rings is 2. The van der Waals surface area contributed by atoms with Gasteiger partial charge in [-0.15, -0.1) is 0 Å². The highest BCUT2D eigenvalue weighted by atomic mass is 16.1. The lowest BCUT2D eigenvalue weighted by Gasteiger charge is -2.10. The normalized spacial score (nSPS) is 10.3. The second kappa shape index (κ2) is 8.23. The van der Waals surface area contributed by atoms with Crippen LogP contribution in [0.15, 0.2) is 48.5 Å². The Morgan fingerprint density at radius 1 is 1.05 bits per heavy atom. The number of hydrogen-bond donors (Lipinski definition) is 2. The maximum absolute atomic E-state index is 11.8. The van der Waals surface area contributed by atoms with Crippen LogP contribution < -0.4 is 10.6 Å². The molecule has 2 N–H and O–H groups in total. The number of rotatable bonds is 7. The van der Waals surface area contributed by atoms with Crippen LogP contribution in [0.3, 0.4) is 0 Å². The minimum atomic E-state index is 0.0352. The summed E-state index contributed by atoms with van der Waals surface area (Å²) in [4.78, 5) is 11.8. The molecule has 0 saturated heterocycles. The molecule has 2 aromatic rings. The molecule has 0 radical (unpaired) electrons. The molecule has 0 fully saturated rings. The maximum Gasteiger partial charge on any atom is 0.239 e. The number of nitrogens with one attached hydrogen (secondary N) is 2. The van der Waals surface area contributed by atoms with Crippen molar-refractivity contribution >= 4 is 11.6 Å². The molecule has 0 atom stereocenters. The van der Waals surface area contributed by atoms with Crippen LogP contribution >= 0.6 is 0 Å². The Balaban J connectivity index is 1.65. The summed E-state index contributed by atoms with van der Waals surface area (Å²) >= 11 is 0. The van der Waals surface area contributed by atoms with Crippen molar-refractivity contribution in [1.29, 1.82) is 0 Å². The third kappa shape index (κ3) is 5.24.